The predicted molar refractivity (Wildman–Crippen MR) is 126 cm³/mol. The van der Waals surface area contributed by atoms with Crippen LogP contribution < -0.4 is 5.32 Å². The summed E-state index contributed by atoms with van der Waals surface area (Å²) < 4.78 is 30.2. The third-order valence-electron chi connectivity index (χ3n) is 4.33. The van der Waals surface area contributed by atoms with Crippen molar-refractivity contribution in [3.05, 3.63) is 0 Å². The molecule has 0 rings (SSSR count). The van der Waals surface area contributed by atoms with Gasteiger partial charge in [-0.1, -0.05) is 0 Å². The van der Waals surface area contributed by atoms with Crippen molar-refractivity contribution in [1.29, 1.82) is 0 Å². The standard InChI is InChI=1S/C22H33NO13S/c1-11(24)32-10-17(33-12(2)25)18(34-13(3)26)19(35-14(4)27)20(36-15(5)28)21(29)23-16(8-9-37-7)22(30)31-6/h16-20H,8-10H2,1-7H3,(H,23,29)/t16-,17+,18+,19-,20+/m0/s1. The molecule has 0 aromatic heterocycles. The number of thioether (sulfide) groups is 1. The zero-order valence-corrected chi connectivity index (χ0v) is 22.5. The molecule has 0 bridgehead atoms. The average molecular weight is 552 g/mol. The van der Waals surface area contributed by atoms with Crippen LogP contribution in [0, 0.1) is 0 Å². The second-order valence-electron chi connectivity index (χ2n) is 7.49. The van der Waals surface area contributed by atoms with Gasteiger partial charge in [0, 0.05) is 34.6 Å². The average Bonchev–Trinajstić information content (AvgIpc) is 2.78. The van der Waals surface area contributed by atoms with Gasteiger partial charge in [0.15, 0.2) is 18.3 Å². The topological polar surface area (TPSA) is 187 Å². The molecule has 0 aliphatic carbocycles. The van der Waals surface area contributed by atoms with E-state index in [1.165, 1.54) is 11.8 Å². The van der Waals surface area contributed by atoms with Crippen molar-refractivity contribution < 1.29 is 62.0 Å². The molecule has 0 unspecified atom stereocenters. The Bertz CT molecular complexity index is 846. The van der Waals surface area contributed by atoms with Crippen LogP contribution in [0.25, 0.3) is 0 Å². The molecular weight excluding hydrogens is 518 g/mol. The Morgan fingerprint density at radius 1 is 0.730 bits per heavy atom. The first-order valence-corrected chi connectivity index (χ1v) is 12.3. The fourth-order valence-corrected chi connectivity index (χ4v) is 3.45. The van der Waals surface area contributed by atoms with Gasteiger partial charge in [-0.15, -0.1) is 0 Å². The maximum absolute atomic E-state index is 13.3. The van der Waals surface area contributed by atoms with Gasteiger partial charge in [-0.2, -0.15) is 11.8 Å². The van der Waals surface area contributed by atoms with Crippen LogP contribution in [-0.4, -0.2) is 97.9 Å². The second kappa shape index (κ2) is 17.2. The van der Waals surface area contributed by atoms with Gasteiger partial charge in [0.25, 0.3) is 5.91 Å². The molecule has 0 aliphatic rings. The summed E-state index contributed by atoms with van der Waals surface area (Å²) in [5.74, 6) is -6.09. The Hall–Kier alpha value is -3.36. The summed E-state index contributed by atoms with van der Waals surface area (Å²) in [5, 5.41) is 2.37. The van der Waals surface area contributed by atoms with E-state index in [-0.39, 0.29) is 6.42 Å². The van der Waals surface area contributed by atoms with E-state index < -0.39 is 78.8 Å². The number of carbonyl (C=O) groups excluding carboxylic acids is 7. The van der Waals surface area contributed by atoms with E-state index >= 15 is 0 Å². The quantitative estimate of drug-likeness (QED) is 0.206. The van der Waals surface area contributed by atoms with Crippen molar-refractivity contribution in [2.24, 2.45) is 0 Å². The number of methoxy groups -OCH3 is 1. The highest BCUT2D eigenvalue weighted by Gasteiger charge is 2.47. The molecule has 0 aliphatic heterocycles. The number of esters is 6. The largest absolute Gasteiger partial charge is 0.467 e. The first-order valence-electron chi connectivity index (χ1n) is 10.9. The summed E-state index contributed by atoms with van der Waals surface area (Å²) in [6.45, 7) is 4.30. The lowest BCUT2D eigenvalue weighted by Crippen LogP contribution is -2.58. The molecule has 0 saturated heterocycles. The first-order chi connectivity index (χ1) is 17.2. The number of nitrogens with one attached hydrogen (secondary N) is 1. The van der Waals surface area contributed by atoms with Crippen molar-refractivity contribution in [2.75, 3.05) is 25.7 Å². The van der Waals surface area contributed by atoms with Crippen LogP contribution >= 0.6 is 11.8 Å². The third kappa shape index (κ3) is 13.5. The van der Waals surface area contributed by atoms with Crippen molar-refractivity contribution in [1.82, 2.24) is 5.32 Å². The van der Waals surface area contributed by atoms with Crippen LogP contribution in [0.2, 0.25) is 0 Å². The number of carbonyl (C=O) groups is 7. The van der Waals surface area contributed by atoms with Gasteiger partial charge in [0.2, 0.25) is 6.10 Å². The number of hydrogen-bond acceptors (Lipinski definition) is 14. The maximum Gasteiger partial charge on any atom is 0.328 e. The lowest BCUT2D eigenvalue weighted by Gasteiger charge is -2.35. The monoisotopic (exact) mass is 551 g/mol. The number of rotatable bonds is 15. The fourth-order valence-electron chi connectivity index (χ4n) is 2.98. The van der Waals surface area contributed by atoms with E-state index in [0.717, 1.165) is 41.7 Å². The molecule has 0 spiro atoms. The molecule has 1 N–H and O–H groups in total. The molecular formula is C22H33NO13S. The SMILES string of the molecule is COC(=O)[C@H](CCSC)NC(=O)[C@H](OC(C)=O)[C@@H](OC(C)=O)[C@H](OC(C)=O)[C@@H](COC(C)=O)OC(C)=O. The predicted octanol–water partition coefficient (Wildman–Crippen LogP) is -0.313. The molecule has 1 amide bonds. The van der Waals surface area contributed by atoms with Crippen LogP contribution in [0.4, 0.5) is 0 Å². The van der Waals surface area contributed by atoms with E-state index in [1.807, 2.05) is 0 Å². The molecule has 37 heavy (non-hydrogen) atoms. The molecule has 0 saturated carbocycles. The summed E-state index contributed by atoms with van der Waals surface area (Å²) in [4.78, 5) is 84.4. The van der Waals surface area contributed by atoms with Crippen LogP contribution in [0.15, 0.2) is 0 Å². The summed E-state index contributed by atoms with van der Waals surface area (Å²) in [6.07, 6.45) is -5.36. The van der Waals surface area contributed by atoms with Gasteiger partial charge in [-0.25, -0.2) is 4.79 Å². The van der Waals surface area contributed by atoms with Crippen molar-refractivity contribution in [3.63, 3.8) is 0 Å². The van der Waals surface area contributed by atoms with E-state index in [1.54, 1.807) is 6.26 Å². The van der Waals surface area contributed by atoms with Crippen molar-refractivity contribution >= 4 is 53.5 Å². The Morgan fingerprint density at radius 3 is 1.68 bits per heavy atom. The number of hydrogen-bond donors (Lipinski definition) is 1. The zero-order valence-electron chi connectivity index (χ0n) is 21.7. The van der Waals surface area contributed by atoms with Crippen LogP contribution in [-0.2, 0) is 62.0 Å². The Kier molecular flexibility index (Phi) is 15.6. The van der Waals surface area contributed by atoms with Crippen LogP contribution in [0.5, 0.6) is 0 Å². The maximum atomic E-state index is 13.3. The van der Waals surface area contributed by atoms with E-state index in [2.05, 4.69) is 5.32 Å². The molecule has 5 atom stereocenters. The highest BCUT2D eigenvalue weighted by atomic mass is 32.2. The lowest BCUT2D eigenvalue weighted by molar-refractivity contribution is -0.203. The molecule has 0 aromatic rings. The number of amides is 1. The zero-order chi connectivity index (χ0) is 28.7. The van der Waals surface area contributed by atoms with Gasteiger partial charge in [0.1, 0.15) is 12.6 Å². The first kappa shape index (κ1) is 33.6. The van der Waals surface area contributed by atoms with Gasteiger partial charge in [-0.05, 0) is 18.4 Å². The van der Waals surface area contributed by atoms with Gasteiger partial charge < -0.3 is 33.7 Å². The van der Waals surface area contributed by atoms with Crippen molar-refractivity contribution in [2.45, 2.75) is 71.5 Å². The highest BCUT2D eigenvalue weighted by molar-refractivity contribution is 7.98. The molecule has 210 valence electrons. The summed E-state index contributed by atoms with van der Waals surface area (Å²) in [7, 11) is 1.11. The molecule has 0 radical (unpaired) electrons. The van der Waals surface area contributed by atoms with E-state index in [9.17, 15) is 33.6 Å². The van der Waals surface area contributed by atoms with E-state index in [4.69, 9.17) is 28.4 Å². The minimum Gasteiger partial charge on any atom is -0.467 e. The second-order valence-corrected chi connectivity index (χ2v) is 8.48. The van der Waals surface area contributed by atoms with Gasteiger partial charge in [0.05, 0.1) is 7.11 Å². The Labute approximate surface area is 218 Å². The normalized spacial score (nSPS) is 14.5. The summed E-state index contributed by atoms with van der Waals surface area (Å²) in [5.41, 5.74) is 0. The number of ether oxygens (including phenoxy) is 6. The highest BCUT2D eigenvalue weighted by Crippen LogP contribution is 2.21. The smallest absolute Gasteiger partial charge is 0.328 e. The molecule has 14 nitrogen and oxygen atoms in total. The Morgan fingerprint density at radius 2 is 1.24 bits per heavy atom. The molecule has 0 fully saturated rings. The lowest BCUT2D eigenvalue weighted by atomic mass is 10.0. The summed E-state index contributed by atoms with van der Waals surface area (Å²) >= 11 is 1.39. The molecule has 15 heteroatoms. The Balaban J connectivity index is 6.61. The summed E-state index contributed by atoms with van der Waals surface area (Å²) in [6, 6.07) is -1.17. The fraction of sp³-hybridized carbons (Fsp3) is 0.682. The third-order valence-corrected chi connectivity index (χ3v) is 4.97. The molecule has 0 aromatic carbocycles. The van der Waals surface area contributed by atoms with Crippen LogP contribution in [0.1, 0.15) is 41.0 Å². The van der Waals surface area contributed by atoms with Crippen LogP contribution in [0.3, 0.4) is 0 Å². The van der Waals surface area contributed by atoms with Crippen molar-refractivity contribution in [3.8, 4) is 0 Å². The van der Waals surface area contributed by atoms with Gasteiger partial charge >= 0.3 is 35.8 Å². The van der Waals surface area contributed by atoms with Gasteiger partial charge in [-0.3, -0.25) is 28.8 Å². The van der Waals surface area contributed by atoms with E-state index in [0.29, 0.717) is 5.75 Å². The minimum absolute atomic E-state index is 0.139. The minimum atomic E-state index is -2.00. The molecule has 0 heterocycles.